The number of halogens is 3. The lowest BCUT2D eigenvalue weighted by Gasteiger charge is -2.24. The van der Waals surface area contributed by atoms with E-state index in [4.69, 9.17) is 38.4 Å². The van der Waals surface area contributed by atoms with Crippen molar-refractivity contribution in [1.29, 1.82) is 5.26 Å². The molecule has 0 spiro atoms. The van der Waals surface area contributed by atoms with Gasteiger partial charge in [-0.15, -0.1) is 5.10 Å². The van der Waals surface area contributed by atoms with Crippen LogP contribution in [0.2, 0.25) is 10.0 Å². The Balaban J connectivity index is 1.71. The third-order valence-corrected chi connectivity index (χ3v) is 5.32. The number of nitrogens with two attached hydrogens (primary N) is 1. The van der Waals surface area contributed by atoms with Gasteiger partial charge in [0.1, 0.15) is 24.1 Å². The summed E-state index contributed by atoms with van der Waals surface area (Å²) in [6, 6.07) is 11.5. The van der Waals surface area contributed by atoms with E-state index in [0.29, 0.717) is 22.6 Å². The van der Waals surface area contributed by atoms with Crippen LogP contribution in [0.25, 0.3) is 0 Å². The summed E-state index contributed by atoms with van der Waals surface area (Å²) in [6.07, 6.45) is 0. The average Bonchev–Trinajstić information content (AvgIpc) is 3.06. The van der Waals surface area contributed by atoms with Gasteiger partial charge in [0.2, 0.25) is 11.8 Å². The molecule has 0 saturated heterocycles. The molecule has 0 unspecified atom stereocenters. The summed E-state index contributed by atoms with van der Waals surface area (Å²) in [4.78, 5) is 0. The molecule has 0 saturated carbocycles. The van der Waals surface area contributed by atoms with E-state index in [1.54, 1.807) is 24.3 Å². The zero-order valence-corrected chi connectivity index (χ0v) is 17.2. The van der Waals surface area contributed by atoms with E-state index in [-0.39, 0.29) is 39.7 Å². The third kappa shape index (κ3) is 3.56. The van der Waals surface area contributed by atoms with E-state index < -0.39 is 5.92 Å². The summed E-state index contributed by atoms with van der Waals surface area (Å²) in [5.41, 5.74) is 8.84. The Bertz CT molecular complexity index is 1190. The van der Waals surface area contributed by atoms with Crippen molar-refractivity contribution >= 4 is 23.2 Å². The summed E-state index contributed by atoms with van der Waals surface area (Å²) < 4.78 is 24.6. The first-order chi connectivity index (χ1) is 14.4. The van der Waals surface area contributed by atoms with E-state index >= 15 is 0 Å². The van der Waals surface area contributed by atoms with Crippen LogP contribution in [0.5, 0.6) is 11.6 Å². The second kappa shape index (κ2) is 7.90. The van der Waals surface area contributed by atoms with Crippen LogP contribution in [0.15, 0.2) is 47.9 Å². The molecule has 6 nitrogen and oxygen atoms in total. The van der Waals surface area contributed by atoms with Crippen molar-refractivity contribution in [3.8, 4) is 17.7 Å². The maximum atomic E-state index is 13.4. The molecule has 152 valence electrons. The largest absolute Gasteiger partial charge is 0.486 e. The molecule has 0 bridgehead atoms. The van der Waals surface area contributed by atoms with Crippen LogP contribution in [-0.2, 0) is 6.61 Å². The fourth-order valence-corrected chi connectivity index (χ4v) is 4.01. The Labute approximate surface area is 181 Å². The van der Waals surface area contributed by atoms with Gasteiger partial charge < -0.3 is 15.2 Å². The number of allylic oxidation sites excluding steroid dienone is 1. The van der Waals surface area contributed by atoms with Crippen molar-refractivity contribution < 1.29 is 13.9 Å². The van der Waals surface area contributed by atoms with Crippen molar-refractivity contribution in [3.05, 3.63) is 86.1 Å². The molecule has 0 fully saturated rings. The van der Waals surface area contributed by atoms with Crippen LogP contribution in [-0.4, -0.2) is 10.2 Å². The minimum Gasteiger partial charge on any atom is -0.486 e. The number of aromatic nitrogens is 2. The standard InChI is InChI=1S/C21H15Cl2FN4O2/c1-10-17-18(14(8-25)20(26)30-21(17)28-27-10)12-6-15(22)19(16(23)7-12)29-9-11-3-2-4-13(24)5-11/h2-7,18H,9,26H2,1H3,(H,27,28)/t18-/m0/s1. The van der Waals surface area contributed by atoms with Gasteiger partial charge >= 0.3 is 0 Å². The quantitative estimate of drug-likeness (QED) is 0.592. The number of fused-ring (bicyclic) bond motifs is 1. The molecular weight excluding hydrogens is 430 g/mol. The molecule has 1 aromatic heterocycles. The van der Waals surface area contributed by atoms with Gasteiger partial charge in [0.15, 0.2) is 5.75 Å². The molecule has 0 amide bonds. The zero-order valence-electron chi connectivity index (χ0n) is 15.7. The van der Waals surface area contributed by atoms with Gasteiger partial charge in [-0.3, -0.25) is 5.10 Å². The van der Waals surface area contributed by atoms with Gasteiger partial charge in [0.25, 0.3) is 0 Å². The number of aryl methyl sites for hydroxylation is 1. The van der Waals surface area contributed by atoms with Crippen LogP contribution < -0.4 is 15.2 Å². The molecule has 0 radical (unpaired) electrons. The number of benzene rings is 2. The Morgan fingerprint density at radius 2 is 2.03 bits per heavy atom. The number of hydrogen-bond donors (Lipinski definition) is 2. The highest BCUT2D eigenvalue weighted by atomic mass is 35.5. The minimum absolute atomic E-state index is 0.0276. The highest BCUT2D eigenvalue weighted by molar-refractivity contribution is 6.37. The monoisotopic (exact) mass is 444 g/mol. The molecule has 1 atom stereocenters. The lowest BCUT2D eigenvalue weighted by Crippen LogP contribution is -2.21. The van der Waals surface area contributed by atoms with Gasteiger partial charge in [0.05, 0.1) is 16.0 Å². The van der Waals surface area contributed by atoms with E-state index in [9.17, 15) is 9.65 Å². The van der Waals surface area contributed by atoms with Gasteiger partial charge in [-0.05, 0) is 42.3 Å². The summed E-state index contributed by atoms with van der Waals surface area (Å²) in [6.45, 7) is 1.91. The first-order valence-corrected chi connectivity index (χ1v) is 9.63. The summed E-state index contributed by atoms with van der Waals surface area (Å²) in [5, 5.41) is 17.1. The van der Waals surface area contributed by atoms with E-state index in [2.05, 4.69) is 16.3 Å². The predicted octanol–water partition coefficient (Wildman–Crippen LogP) is 4.96. The Morgan fingerprint density at radius 1 is 1.30 bits per heavy atom. The summed E-state index contributed by atoms with van der Waals surface area (Å²) in [7, 11) is 0. The normalized spacial score (nSPS) is 15.4. The fraction of sp³-hybridized carbons (Fsp3) is 0.143. The highest BCUT2D eigenvalue weighted by Gasteiger charge is 2.35. The molecule has 2 heterocycles. The maximum absolute atomic E-state index is 13.4. The van der Waals surface area contributed by atoms with E-state index in [0.717, 1.165) is 5.69 Å². The number of ether oxygens (including phenoxy) is 2. The van der Waals surface area contributed by atoms with Crippen LogP contribution >= 0.6 is 23.2 Å². The summed E-state index contributed by atoms with van der Waals surface area (Å²) >= 11 is 12.9. The second-order valence-electron chi connectivity index (χ2n) is 6.72. The Kier molecular flexibility index (Phi) is 5.29. The number of rotatable bonds is 4. The molecule has 1 aliphatic heterocycles. The van der Waals surface area contributed by atoms with Crippen molar-refractivity contribution in [2.75, 3.05) is 0 Å². The van der Waals surface area contributed by atoms with E-state index in [1.807, 2.05) is 6.92 Å². The van der Waals surface area contributed by atoms with Crippen molar-refractivity contribution in [3.63, 3.8) is 0 Å². The molecule has 4 rings (SSSR count). The molecule has 1 aliphatic rings. The summed E-state index contributed by atoms with van der Waals surface area (Å²) in [5.74, 6) is -0.376. The molecular formula is C21H15Cl2FN4O2. The van der Waals surface area contributed by atoms with Gasteiger partial charge in [-0.2, -0.15) is 5.26 Å². The topological polar surface area (TPSA) is 97.0 Å². The number of nitriles is 1. The SMILES string of the molecule is Cc1[nH]nc2c1[C@@H](c1cc(Cl)c(OCc3cccc(F)c3)c(Cl)c1)C(C#N)=C(N)O2. The zero-order chi connectivity index (χ0) is 21.4. The van der Waals surface area contributed by atoms with Crippen LogP contribution in [0.4, 0.5) is 4.39 Å². The van der Waals surface area contributed by atoms with Gasteiger partial charge in [0, 0.05) is 11.3 Å². The number of H-pyrrole nitrogens is 1. The first kappa shape index (κ1) is 20.1. The molecule has 3 aromatic rings. The number of hydrogen-bond acceptors (Lipinski definition) is 5. The molecule has 2 aromatic carbocycles. The number of aromatic amines is 1. The highest BCUT2D eigenvalue weighted by Crippen LogP contribution is 2.45. The molecule has 30 heavy (non-hydrogen) atoms. The first-order valence-electron chi connectivity index (χ1n) is 8.87. The average molecular weight is 445 g/mol. The Hall–Kier alpha value is -3.21. The van der Waals surface area contributed by atoms with Gasteiger partial charge in [-0.25, -0.2) is 4.39 Å². The smallest absolute Gasteiger partial charge is 0.244 e. The van der Waals surface area contributed by atoms with E-state index in [1.165, 1.54) is 12.1 Å². The van der Waals surface area contributed by atoms with Crippen LogP contribution in [0, 0.1) is 24.1 Å². The Morgan fingerprint density at radius 3 is 2.70 bits per heavy atom. The van der Waals surface area contributed by atoms with Crippen LogP contribution in [0.1, 0.15) is 28.3 Å². The lowest BCUT2D eigenvalue weighted by molar-refractivity contribution is 0.306. The lowest BCUT2D eigenvalue weighted by atomic mass is 9.84. The predicted molar refractivity (Wildman–Crippen MR) is 110 cm³/mol. The van der Waals surface area contributed by atoms with Crippen LogP contribution in [0.3, 0.4) is 0 Å². The van der Waals surface area contributed by atoms with Crippen molar-refractivity contribution in [2.24, 2.45) is 5.73 Å². The fourth-order valence-electron chi connectivity index (χ4n) is 3.40. The number of nitrogens with one attached hydrogen (secondary N) is 1. The third-order valence-electron chi connectivity index (χ3n) is 4.76. The molecule has 3 N–H and O–H groups in total. The minimum atomic E-state index is -0.551. The van der Waals surface area contributed by atoms with Crippen molar-refractivity contribution in [1.82, 2.24) is 10.2 Å². The number of nitrogens with zero attached hydrogens (tertiary/aromatic N) is 2. The molecule has 9 heteroatoms. The van der Waals surface area contributed by atoms with Crippen molar-refractivity contribution in [2.45, 2.75) is 19.4 Å². The maximum Gasteiger partial charge on any atom is 0.244 e. The van der Waals surface area contributed by atoms with Gasteiger partial charge in [-0.1, -0.05) is 35.3 Å². The second-order valence-corrected chi connectivity index (χ2v) is 7.54. The molecule has 0 aliphatic carbocycles.